The van der Waals surface area contributed by atoms with Crippen molar-refractivity contribution in [2.45, 2.75) is 32.2 Å². The van der Waals surface area contributed by atoms with Gasteiger partial charge in [-0.05, 0) is 11.1 Å². The number of hydrogen-bond donors (Lipinski definition) is 2. The highest BCUT2D eigenvalue weighted by atomic mass is 32.2. The normalized spacial score (nSPS) is 11.7. The van der Waals surface area contributed by atoms with Crippen molar-refractivity contribution < 1.29 is 12.8 Å². The molecule has 21 heavy (non-hydrogen) atoms. The van der Waals surface area contributed by atoms with E-state index in [2.05, 4.69) is 9.71 Å². The Kier molecular flexibility index (Phi) is 5.11. The second-order valence-electron chi connectivity index (χ2n) is 4.67. The van der Waals surface area contributed by atoms with E-state index >= 15 is 0 Å². The number of nitrogens with one attached hydrogen (secondary N) is 1. The van der Waals surface area contributed by atoms with Crippen LogP contribution in [0.4, 0.5) is 0 Å². The molecule has 114 valence electrons. The van der Waals surface area contributed by atoms with Gasteiger partial charge in [-0.2, -0.15) is 0 Å². The minimum Gasteiger partial charge on any atom is -0.444 e. The Morgan fingerprint density at radius 1 is 1.24 bits per heavy atom. The summed E-state index contributed by atoms with van der Waals surface area (Å²) in [5, 5.41) is 0. The van der Waals surface area contributed by atoms with E-state index in [4.69, 9.17) is 10.2 Å². The van der Waals surface area contributed by atoms with Crippen LogP contribution in [0.5, 0.6) is 0 Å². The van der Waals surface area contributed by atoms with Crippen LogP contribution in [0, 0.1) is 0 Å². The van der Waals surface area contributed by atoms with E-state index in [0.29, 0.717) is 18.0 Å². The molecule has 2 aromatic rings. The molecule has 0 radical (unpaired) electrons. The number of aromatic nitrogens is 1. The zero-order valence-electron chi connectivity index (χ0n) is 11.9. The molecule has 0 unspecified atom stereocenters. The summed E-state index contributed by atoms with van der Waals surface area (Å²) in [4.78, 5) is 4.01. The first-order chi connectivity index (χ1) is 10.0. The topological polar surface area (TPSA) is 98.2 Å². The molecule has 0 bridgehead atoms. The maximum absolute atomic E-state index is 12.0. The second kappa shape index (κ2) is 6.84. The van der Waals surface area contributed by atoms with Crippen molar-refractivity contribution in [3.8, 4) is 0 Å². The van der Waals surface area contributed by atoms with E-state index in [9.17, 15) is 8.42 Å². The zero-order valence-corrected chi connectivity index (χ0v) is 12.7. The molecule has 0 atom stereocenters. The zero-order chi connectivity index (χ0) is 15.3. The molecule has 0 aliphatic rings. The van der Waals surface area contributed by atoms with E-state index < -0.39 is 10.0 Å². The van der Waals surface area contributed by atoms with Crippen LogP contribution < -0.4 is 10.5 Å². The quantitative estimate of drug-likeness (QED) is 0.803. The average Bonchev–Trinajstić information content (AvgIpc) is 2.94. The van der Waals surface area contributed by atoms with Gasteiger partial charge in [0.2, 0.25) is 15.9 Å². The van der Waals surface area contributed by atoms with Crippen molar-refractivity contribution in [3.05, 3.63) is 53.2 Å². The summed E-state index contributed by atoms with van der Waals surface area (Å²) in [5.74, 6) is 1.02. The maximum Gasteiger partial charge on any atom is 0.216 e. The van der Waals surface area contributed by atoms with Gasteiger partial charge in [0, 0.05) is 13.0 Å². The van der Waals surface area contributed by atoms with Crippen LogP contribution in [0.2, 0.25) is 0 Å². The van der Waals surface area contributed by atoms with Crippen molar-refractivity contribution in [1.82, 2.24) is 9.71 Å². The molecule has 1 heterocycles. The third kappa shape index (κ3) is 4.66. The number of aryl methyl sites for hydroxylation is 1. The van der Waals surface area contributed by atoms with Crippen LogP contribution in [0.25, 0.3) is 0 Å². The van der Waals surface area contributed by atoms with Gasteiger partial charge >= 0.3 is 0 Å². The number of benzene rings is 1. The number of nitrogens with zero attached hydrogens (tertiary/aromatic N) is 1. The second-order valence-corrected chi connectivity index (χ2v) is 6.48. The minimum absolute atomic E-state index is 0.0587. The summed E-state index contributed by atoms with van der Waals surface area (Å²) in [6, 6.07) is 7.18. The summed E-state index contributed by atoms with van der Waals surface area (Å²) in [6.45, 7) is 2.44. The predicted molar refractivity (Wildman–Crippen MR) is 79.7 cm³/mol. The van der Waals surface area contributed by atoms with Gasteiger partial charge in [0.15, 0.2) is 0 Å². The number of sulfonamides is 1. The van der Waals surface area contributed by atoms with Gasteiger partial charge < -0.3 is 10.2 Å². The lowest BCUT2D eigenvalue weighted by atomic mass is 10.1. The number of nitrogens with two attached hydrogens (primary N) is 1. The van der Waals surface area contributed by atoms with Crippen molar-refractivity contribution in [1.29, 1.82) is 0 Å². The molecule has 1 aromatic heterocycles. The van der Waals surface area contributed by atoms with E-state index in [1.54, 1.807) is 18.3 Å². The molecule has 7 heteroatoms. The van der Waals surface area contributed by atoms with E-state index in [1.807, 2.05) is 19.1 Å². The lowest BCUT2D eigenvalue weighted by molar-refractivity contribution is 0.452. The Balaban J connectivity index is 1.94. The van der Waals surface area contributed by atoms with Crippen molar-refractivity contribution >= 4 is 10.0 Å². The van der Waals surface area contributed by atoms with Gasteiger partial charge in [-0.25, -0.2) is 18.1 Å². The van der Waals surface area contributed by atoms with E-state index in [0.717, 1.165) is 17.7 Å². The largest absolute Gasteiger partial charge is 0.444 e. The van der Waals surface area contributed by atoms with E-state index in [1.165, 1.54) is 0 Å². The molecular formula is C14H19N3O3S. The molecule has 0 spiro atoms. The average molecular weight is 309 g/mol. The molecule has 0 aliphatic carbocycles. The smallest absolute Gasteiger partial charge is 0.216 e. The summed E-state index contributed by atoms with van der Waals surface area (Å²) in [7, 11) is -3.43. The van der Waals surface area contributed by atoms with Gasteiger partial charge in [0.1, 0.15) is 5.76 Å². The molecule has 1 aromatic carbocycles. The Hall–Kier alpha value is -1.70. The summed E-state index contributed by atoms with van der Waals surface area (Å²) in [6.07, 6.45) is 2.34. The Morgan fingerprint density at radius 3 is 2.48 bits per heavy atom. The molecule has 0 aliphatic heterocycles. The number of rotatable bonds is 7. The first-order valence-electron chi connectivity index (χ1n) is 6.71. The van der Waals surface area contributed by atoms with Crippen LogP contribution in [-0.4, -0.2) is 13.4 Å². The van der Waals surface area contributed by atoms with Crippen LogP contribution in [-0.2, 0) is 35.3 Å². The molecular weight excluding hydrogens is 290 g/mol. The van der Waals surface area contributed by atoms with Gasteiger partial charge in [-0.15, -0.1) is 0 Å². The SMILES string of the molecule is CCc1cnc(CNS(=O)(=O)Cc2ccc(CN)cc2)o1. The Bertz CT molecular complexity index is 678. The monoisotopic (exact) mass is 309 g/mol. The van der Waals surface area contributed by atoms with Crippen LogP contribution in [0.3, 0.4) is 0 Å². The molecule has 0 saturated heterocycles. The highest BCUT2D eigenvalue weighted by molar-refractivity contribution is 7.88. The Morgan fingerprint density at radius 2 is 1.90 bits per heavy atom. The first kappa shape index (κ1) is 15.7. The molecule has 0 saturated carbocycles. The molecule has 0 amide bonds. The van der Waals surface area contributed by atoms with Gasteiger partial charge in [-0.1, -0.05) is 31.2 Å². The fourth-order valence-electron chi connectivity index (χ4n) is 1.81. The lowest BCUT2D eigenvalue weighted by Crippen LogP contribution is -2.24. The lowest BCUT2D eigenvalue weighted by Gasteiger charge is -2.06. The molecule has 0 fully saturated rings. The third-order valence-electron chi connectivity index (χ3n) is 3.01. The van der Waals surface area contributed by atoms with Gasteiger partial charge in [-0.3, -0.25) is 0 Å². The standard InChI is InChI=1S/C14H19N3O3S/c1-2-13-8-16-14(20-13)9-17-21(18,19)10-12-5-3-11(7-15)4-6-12/h3-6,8,17H,2,7,9-10,15H2,1H3. The molecule has 3 N–H and O–H groups in total. The van der Waals surface area contributed by atoms with Gasteiger partial charge in [0.25, 0.3) is 0 Å². The maximum atomic E-state index is 12.0. The van der Waals surface area contributed by atoms with E-state index in [-0.39, 0.29) is 12.3 Å². The number of hydrogen-bond acceptors (Lipinski definition) is 5. The summed E-state index contributed by atoms with van der Waals surface area (Å²) >= 11 is 0. The molecule has 2 rings (SSSR count). The summed E-state index contributed by atoms with van der Waals surface area (Å²) < 4.78 is 31.8. The fraction of sp³-hybridized carbons (Fsp3) is 0.357. The fourth-order valence-corrected chi connectivity index (χ4v) is 2.88. The highest BCUT2D eigenvalue weighted by Gasteiger charge is 2.13. The Labute approximate surface area is 124 Å². The van der Waals surface area contributed by atoms with Crippen molar-refractivity contribution in [2.24, 2.45) is 5.73 Å². The summed E-state index contributed by atoms with van der Waals surface area (Å²) in [5.41, 5.74) is 7.18. The van der Waals surface area contributed by atoms with Crippen LogP contribution in [0.15, 0.2) is 34.9 Å². The van der Waals surface area contributed by atoms with Crippen LogP contribution >= 0.6 is 0 Å². The van der Waals surface area contributed by atoms with Crippen molar-refractivity contribution in [2.75, 3.05) is 0 Å². The predicted octanol–water partition coefficient (Wildman–Crippen LogP) is 1.32. The van der Waals surface area contributed by atoms with Gasteiger partial charge in [0.05, 0.1) is 18.5 Å². The first-order valence-corrected chi connectivity index (χ1v) is 8.36. The van der Waals surface area contributed by atoms with Crippen LogP contribution in [0.1, 0.15) is 29.7 Å². The number of oxazole rings is 1. The minimum atomic E-state index is -3.43. The van der Waals surface area contributed by atoms with Crippen molar-refractivity contribution in [3.63, 3.8) is 0 Å². The highest BCUT2D eigenvalue weighted by Crippen LogP contribution is 2.09. The molecule has 6 nitrogen and oxygen atoms in total. The third-order valence-corrected chi connectivity index (χ3v) is 4.31.